The molecule has 6 heteroatoms. The third-order valence-corrected chi connectivity index (χ3v) is 1.89. The number of carbonyl (C=O) groups excluding carboxylic acids is 1. The number of methoxy groups -OCH3 is 2. The lowest BCUT2D eigenvalue weighted by Crippen LogP contribution is -2.05. The molecule has 0 aliphatic heterocycles. The van der Waals surface area contributed by atoms with Crippen LogP contribution in [-0.2, 0) is 4.79 Å². The summed E-state index contributed by atoms with van der Waals surface area (Å²) in [5, 5.41) is 0. The Morgan fingerprint density at radius 3 is 2.47 bits per heavy atom. The molecule has 0 bridgehead atoms. The number of nitrogens with zero attached hydrogens (tertiary/aromatic N) is 3. The zero-order valence-electron chi connectivity index (χ0n) is 10.3. The molecule has 0 spiro atoms. The Bertz CT molecular complexity index is 408. The van der Waals surface area contributed by atoms with Crippen LogP contribution in [0.15, 0.2) is 12.3 Å². The lowest BCUT2D eigenvalue weighted by molar-refractivity contribution is -0.103. The van der Waals surface area contributed by atoms with Crippen LogP contribution in [0.5, 0.6) is 11.9 Å². The zero-order valence-corrected chi connectivity index (χ0v) is 10.3. The molecule has 17 heavy (non-hydrogen) atoms. The van der Waals surface area contributed by atoms with Crippen LogP contribution in [0.4, 0.5) is 0 Å². The second-order valence-electron chi connectivity index (χ2n) is 3.45. The summed E-state index contributed by atoms with van der Waals surface area (Å²) in [5.41, 5.74) is 0.881. The van der Waals surface area contributed by atoms with Crippen molar-refractivity contribution in [3.63, 3.8) is 0 Å². The molecule has 0 amide bonds. The first-order valence-corrected chi connectivity index (χ1v) is 4.91. The van der Waals surface area contributed by atoms with Crippen molar-refractivity contribution in [2.75, 3.05) is 28.3 Å². The molecule has 0 saturated carbocycles. The van der Waals surface area contributed by atoms with E-state index in [1.807, 2.05) is 14.1 Å². The molecular weight excluding hydrogens is 222 g/mol. The number of aldehydes is 1. The molecular formula is C11H15N3O3. The predicted octanol–water partition coefficient (Wildman–Crippen LogP) is 0.595. The molecule has 0 N–H and O–H groups in total. The Labute approximate surface area is 99.9 Å². The Morgan fingerprint density at radius 2 is 2.00 bits per heavy atom. The van der Waals surface area contributed by atoms with E-state index in [0.29, 0.717) is 17.1 Å². The Balaban J connectivity index is 3.23. The summed E-state index contributed by atoms with van der Waals surface area (Å²) in [6, 6.07) is 1.73. The SMILES string of the molecule is COc1cc(C(C=O)=CN(C)C)nc(OC)n1. The molecule has 0 aliphatic rings. The minimum Gasteiger partial charge on any atom is -0.481 e. The predicted molar refractivity (Wildman–Crippen MR) is 62.9 cm³/mol. The fourth-order valence-corrected chi connectivity index (χ4v) is 1.18. The molecule has 0 aliphatic carbocycles. The Morgan fingerprint density at radius 1 is 1.29 bits per heavy atom. The minimum absolute atomic E-state index is 0.158. The molecule has 1 heterocycles. The van der Waals surface area contributed by atoms with Crippen molar-refractivity contribution in [3.05, 3.63) is 18.0 Å². The molecule has 1 aromatic heterocycles. The van der Waals surface area contributed by atoms with E-state index in [2.05, 4.69) is 9.97 Å². The third kappa shape index (κ3) is 3.44. The normalized spacial score (nSPS) is 10.9. The van der Waals surface area contributed by atoms with Gasteiger partial charge in [-0.3, -0.25) is 4.79 Å². The standard InChI is InChI=1S/C11H15N3O3/c1-14(2)6-8(7-15)9-5-10(16-3)13-11(12-9)17-4/h5-7H,1-4H3. The monoisotopic (exact) mass is 237 g/mol. The van der Waals surface area contributed by atoms with Gasteiger partial charge in [-0.1, -0.05) is 0 Å². The molecule has 0 aromatic carbocycles. The fraction of sp³-hybridized carbons (Fsp3) is 0.364. The van der Waals surface area contributed by atoms with Crippen molar-refractivity contribution in [1.29, 1.82) is 0 Å². The van der Waals surface area contributed by atoms with Crippen LogP contribution < -0.4 is 9.47 Å². The summed E-state index contributed by atoms with van der Waals surface area (Å²) in [6.07, 6.45) is 2.38. The van der Waals surface area contributed by atoms with Gasteiger partial charge in [-0.25, -0.2) is 0 Å². The van der Waals surface area contributed by atoms with Crippen molar-refractivity contribution < 1.29 is 14.3 Å². The van der Waals surface area contributed by atoms with Crippen LogP contribution in [-0.4, -0.2) is 49.5 Å². The highest BCUT2D eigenvalue weighted by atomic mass is 16.5. The lowest BCUT2D eigenvalue weighted by Gasteiger charge is -2.09. The van der Waals surface area contributed by atoms with Gasteiger partial charge in [0.1, 0.15) is 0 Å². The van der Waals surface area contributed by atoms with Gasteiger partial charge in [0, 0.05) is 26.4 Å². The largest absolute Gasteiger partial charge is 0.481 e. The van der Waals surface area contributed by atoms with Crippen LogP contribution in [0, 0.1) is 0 Å². The van der Waals surface area contributed by atoms with Gasteiger partial charge in [-0.05, 0) is 0 Å². The maximum Gasteiger partial charge on any atom is 0.320 e. The molecule has 0 unspecified atom stereocenters. The third-order valence-electron chi connectivity index (χ3n) is 1.89. The van der Waals surface area contributed by atoms with E-state index in [9.17, 15) is 4.79 Å². The lowest BCUT2D eigenvalue weighted by atomic mass is 10.2. The van der Waals surface area contributed by atoms with Crippen LogP contribution in [0.1, 0.15) is 5.69 Å². The summed E-state index contributed by atoms with van der Waals surface area (Å²) < 4.78 is 9.95. The van der Waals surface area contributed by atoms with Gasteiger partial charge in [0.15, 0.2) is 6.29 Å². The van der Waals surface area contributed by atoms with Crippen molar-refractivity contribution in [2.24, 2.45) is 0 Å². The molecule has 0 saturated heterocycles. The topological polar surface area (TPSA) is 64.5 Å². The van der Waals surface area contributed by atoms with Gasteiger partial charge in [0.25, 0.3) is 0 Å². The van der Waals surface area contributed by atoms with E-state index < -0.39 is 0 Å². The summed E-state index contributed by atoms with van der Waals surface area (Å²) in [5.74, 6) is 0.346. The zero-order chi connectivity index (χ0) is 12.8. The van der Waals surface area contributed by atoms with Crippen molar-refractivity contribution in [1.82, 2.24) is 14.9 Å². The van der Waals surface area contributed by atoms with Crippen LogP contribution >= 0.6 is 0 Å². The number of rotatable bonds is 5. The number of aromatic nitrogens is 2. The van der Waals surface area contributed by atoms with Gasteiger partial charge in [-0.15, -0.1) is 0 Å². The number of carbonyl (C=O) groups is 1. The van der Waals surface area contributed by atoms with Crippen LogP contribution in [0.25, 0.3) is 5.57 Å². The van der Waals surface area contributed by atoms with E-state index in [1.54, 1.807) is 17.2 Å². The number of allylic oxidation sites excluding steroid dienone is 1. The van der Waals surface area contributed by atoms with Crippen LogP contribution in [0.2, 0.25) is 0 Å². The smallest absolute Gasteiger partial charge is 0.320 e. The number of hydrogen-bond donors (Lipinski definition) is 0. The van der Waals surface area contributed by atoms with Gasteiger partial charge >= 0.3 is 6.01 Å². The summed E-state index contributed by atoms with van der Waals surface area (Å²) in [4.78, 5) is 20.8. The van der Waals surface area contributed by atoms with Crippen molar-refractivity contribution in [2.45, 2.75) is 0 Å². The summed E-state index contributed by atoms with van der Waals surface area (Å²) >= 11 is 0. The van der Waals surface area contributed by atoms with Gasteiger partial charge < -0.3 is 14.4 Å². The van der Waals surface area contributed by atoms with Gasteiger partial charge in [-0.2, -0.15) is 9.97 Å². The van der Waals surface area contributed by atoms with Crippen LogP contribution in [0.3, 0.4) is 0 Å². The highest BCUT2D eigenvalue weighted by molar-refractivity contribution is 6.05. The molecule has 1 rings (SSSR count). The second-order valence-corrected chi connectivity index (χ2v) is 3.45. The minimum atomic E-state index is 0.158. The quantitative estimate of drug-likeness (QED) is 0.552. The molecule has 6 nitrogen and oxygen atoms in total. The number of hydrogen-bond acceptors (Lipinski definition) is 6. The average Bonchev–Trinajstić information content (AvgIpc) is 2.34. The van der Waals surface area contributed by atoms with E-state index >= 15 is 0 Å². The molecule has 1 aromatic rings. The summed E-state index contributed by atoms with van der Waals surface area (Å²) in [7, 11) is 6.58. The first-order chi connectivity index (χ1) is 8.10. The van der Waals surface area contributed by atoms with Crippen molar-refractivity contribution >= 4 is 11.9 Å². The van der Waals surface area contributed by atoms with E-state index in [1.165, 1.54) is 14.2 Å². The Kier molecular flexibility index (Phi) is 4.45. The van der Waals surface area contributed by atoms with Gasteiger partial charge in [0.05, 0.1) is 25.5 Å². The average molecular weight is 237 g/mol. The molecule has 0 radical (unpaired) electrons. The second kappa shape index (κ2) is 5.83. The fourth-order valence-electron chi connectivity index (χ4n) is 1.18. The maximum atomic E-state index is 11.0. The first-order valence-electron chi connectivity index (χ1n) is 4.91. The number of ether oxygens (including phenoxy) is 2. The summed E-state index contributed by atoms with van der Waals surface area (Å²) in [6.45, 7) is 0. The first kappa shape index (κ1) is 13.0. The van der Waals surface area contributed by atoms with E-state index in [-0.39, 0.29) is 6.01 Å². The highest BCUT2D eigenvalue weighted by Gasteiger charge is 2.09. The Hall–Kier alpha value is -2.11. The van der Waals surface area contributed by atoms with Gasteiger partial charge in [0.2, 0.25) is 5.88 Å². The molecule has 0 fully saturated rings. The molecule has 92 valence electrons. The maximum absolute atomic E-state index is 11.0. The highest BCUT2D eigenvalue weighted by Crippen LogP contribution is 2.18. The van der Waals surface area contributed by atoms with E-state index in [4.69, 9.17) is 9.47 Å². The van der Waals surface area contributed by atoms with Crippen molar-refractivity contribution in [3.8, 4) is 11.9 Å². The molecule has 0 atom stereocenters. The van der Waals surface area contributed by atoms with E-state index in [0.717, 1.165) is 6.29 Å².